The Morgan fingerprint density at radius 3 is 2.79 bits per heavy atom. The summed E-state index contributed by atoms with van der Waals surface area (Å²) >= 11 is 8.10. The van der Waals surface area contributed by atoms with Crippen molar-refractivity contribution in [1.82, 2.24) is 4.90 Å². The lowest BCUT2D eigenvalue weighted by Crippen LogP contribution is -2.39. The Balaban J connectivity index is 2.07. The molecule has 0 aliphatic carbocycles. The van der Waals surface area contributed by atoms with Gasteiger partial charge in [-0.1, -0.05) is 24.6 Å². The minimum Gasteiger partial charge on any atom is -0.474 e. The van der Waals surface area contributed by atoms with Crippen molar-refractivity contribution in [3.63, 3.8) is 0 Å². The summed E-state index contributed by atoms with van der Waals surface area (Å²) in [7, 11) is 0. The van der Waals surface area contributed by atoms with Crippen LogP contribution in [0.15, 0.2) is 18.2 Å². The molecule has 4 heteroatoms. The average molecular weight is 300 g/mol. The van der Waals surface area contributed by atoms with Crippen molar-refractivity contribution in [3.05, 3.63) is 28.8 Å². The van der Waals surface area contributed by atoms with Gasteiger partial charge in [-0.15, -0.1) is 0 Å². The van der Waals surface area contributed by atoms with Crippen molar-refractivity contribution >= 4 is 23.4 Å². The summed E-state index contributed by atoms with van der Waals surface area (Å²) in [6.07, 6.45) is 2.74. The molecule has 106 valence electrons. The van der Waals surface area contributed by atoms with Crippen LogP contribution >= 0.6 is 23.4 Å². The highest BCUT2D eigenvalue weighted by Gasteiger charge is 2.23. The Bertz CT molecular complexity index is 407. The minimum atomic E-state index is 0.171. The normalized spacial score (nSPS) is 17.6. The van der Waals surface area contributed by atoms with Gasteiger partial charge in [-0.05, 0) is 37.7 Å². The number of likely N-dealkylation sites (tertiary alicyclic amines) is 1. The van der Waals surface area contributed by atoms with Gasteiger partial charge in [0.1, 0.15) is 5.75 Å². The van der Waals surface area contributed by atoms with Crippen LogP contribution in [0.2, 0.25) is 5.02 Å². The Labute approximate surface area is 125 Å². The van der Waals surface area contributed by atoms with E-state index in [1.165, 1.54) is 12.8 Å². The third-order valence-corrected chi connectivity index (χ3v) is 4.83. The summed E-state index contributed by atoms with van der Waals surface area (Å²) in [6, 6.07) is 5.88. The lowest BCUT2D eigenvalue weighted by Gasteiger charge is -2.28. The van der Waals surface area contributed by atoms with E-state index in [0.717, 1.165) is 40.9 Å². The molecule has 2 rings (SSSR count). The van der Waals surface area contributed by atoms with Crippen LogP contribution in [0.5, 0.6) is 5.75 Å². The quantitative estimate of drug-likeness (QED) is 0.781. The highest BCUT2D eigenvalue weighted by molar-refractivity contribution is 7.99. The third kappa shape index (κ3) is 4.04. The SMILES string of the molecule is CCSC[C@@H](Oc1cccc(Cl)c1C)N1CCCC1. The Kier molecular flexibility index (Phi) is 5.86. The predicted molar refractivity (Wildman–Crippen MR) is 84.4 cm³/mol. The summed E-state index contributed by atoms with van der Waals surface area (Å²) in [5.41, 5.74) is 1.04. The average Bonchev–Trinajstić information content (AvgIpc) is 2.93. The molecule has 1 aromatic carbocycles. The molecule has 0 aromatic heterocycles. The molecule has 0 N–H and O–H groups in total. The molecule has 0 amide bonds. The molecular weight excluding hydrogens is 278 g/mol. The van der Waals surface area contributed by atoms with Crippen LogP contribution in [0.1, 0.15) is 25.3 Å². The predicted octanol–water partition coefficient (Wildman–Crippen LogP) is 4.20. The number of ether oxygens (including phenoxy) is 1. The lowest BCUT2D eigenvalue weighted by molar-refractivity contribution is 0.0626. The second-order valence-corrected chi connectivity index (χ2v) is 6.56. The highest BCUT2D eigenvalue weighted by Crippen LogP contribution is 2.28. The van der Waals surface area contributed by atoms with Crippen molar-refractivity contribution in [2.75, 3.05) is 24.6 Å². The lowest BCUT2D eigenvalue weighted by atomic mass is 10.2. The van der Waals surface area contributed by atoms with E-state index in [2.05, 4.69) is 11.8 Å². The minimum absolute atomic E-state index is 0.171. The van der Waals surface area contributed by atoms with E-state index < -0.39 is 0 Å². The number of rotatable bonds is 6. The standard InChI is InChI=1S/C15H22ClNOS/c1-3-19-11-15(17-9-4-5-10-17)18-14-8-6-7-13(16)12(14)2/h6-8,15H,3-5,9-11H2,1-2H3/t15-/m1/s1. The first-order valence-corrected chi connectivity index (χ1v) is 8.49. The van der Waals surface area contributed by atoms with Gasteiger partial charge in [0.25, 0.3) is 0 Å². The third-order valence-electron chi connectivity index (χ3n) is 3.49. The van der Waals surface area contributed by atoms with Gasteiger partial charge in [-0.25, -0.2) is 0 Å². The van der Waals surface area contributed by atoms with E-state index in [1.54, 1.807) is 0 Å². The van der Waals surface area contributed by atoms with Gasteiger partial charge in [0.15, 0.2) is 6.23 Å². The van der Waals surface area contributed by atoms with Crippen LogP contribution in [0.3, 0.4) is 0 Å². The summed E-state index contributed by atoms with van der Waals surface area (Å²) in [5.74, 6) is 3.06. The maximum Gasteiger partial charge on any atom is 0.161 e. The van der Waals surface area contributed by atoms with Gasteiger partial charge < -0.3 is 4.74 Å². The van der Waals surface area contributed by atoms with Crippen LogP contribution in [0.25, 0.3) is 0 Å². The second-order valence-electron chi connectivity index (χ2n) is 4.84. The number of nitrogens with zero attached hydrogens (tertiary/aromatic N) is 1. The van der Waals surface area contributed by atoms with E-state index in [1.807, 2.05) is 36.9 Å². The molecule has 2 nitrogen and oxygen atoms in total. The maximum absolute atomic E-state index is 6.23. The summed E-state index contributed by atoms with van der Waals surface area (Å²) in [5, 5.41) is 0.779. The van der Waals surface area contributed by atoms with E-state index in [0.29, 0.717) is 0 Å². The van der Waals surface area contributed by atoms with Crippen LogP contribution in [-0.4, -0.2) is 35.7 Å². The smallest absolute Gasteiger partial charge is 0.161 e. The summed E-state index contributed by atoms with van der Waals surface area (Å²) in [4.78, 5) is 2.45. The fraction of sp³-hybridized carbons (Fsp3) is 0.600. The van der Waals surface area contributed by atoms with Gasteiger partial charge in [0, 0.05) is 29.4 Å². The topological polar surface area (TPSA) is 12.5 Å². The number of thioether (sulfide) groups is 1. The monoisotopic (exact) mass is 299 g/mol. The second kappa shape index (κ2) is 7.41. The first-order chi connectivity index (χ1) is 9.22. The van der Waals surface area contributed by atoms with Crippen LogP contribution in [-0.2, 0) is 0 Å². The fourth-order valence-corrected chi connectivity index (χ4v) is 3.21. The molecule has 1 aliphatic heterocycles. The van der Waals surface area contributed by atoms with Gasteiger partial charge in [-0.3, -0.25) is 4.90 Å². The van der Waals surface area contributed by atoms with Gasteiger partial charge >= 0.3 is 0 Å². The number of halogens is 1. The summed E-state index contributed by atoms with van der Waals surface area (Å²) < 4.78 is 6.23. The van der Waals surface area contributed by atoms with Gasteiger partial charge in [0.2, 0.25) is 0 Å². The molecule has 19 heavy (non-hydrogen) atoms. The number of hydrogen-bond donors (Lipinski definition) is 0. The molecule has 0 radical (unpaired) electrons. The van der Waals surface area contributed by atoms with Crippen LogP contribution in [0.4, 0.5) is 0 Å². The summed E-state index contributed by atoms with van der Waals surface area (Å²) in [6.45, 7) is 6.51. The van der Waals surface area contributed by atoms with E-state index in [9.17, 15) is 0 Å². The van der Waals surface area contributed by atoms with Gasteiger partial charge in [0.05, 0.1) is 0 Å². The molecule has 1 fully saturated rings. The fourth-order valence-electron chi connectivity index (χ4n) is 2.32. The molecule has 1 atom stereocenters. The van der Waals surface area contributed by atoms with Crippen molar-refractivity contribution in [2.45, 2.75) is 32.9 Å². The molecule has 0 saturated carbocycles. The largest absolute Gasteiger partial charge is 0.474 e. The molecule has 0 unspecified atom stereocenters. The Morgan fingerprint density at radius 2 is 2.11 bits per heavy atom. The van der Waals surface area contributed by atoms with Crippen molar-refractivity contribution in [2.24, 2.45) is 0 Å². The molecule has 1 aliphatic rings. The number of benzene rings is 1. The first kappa shape index (κ1) is 15.0. The van der Waals surface area contributed by atoms with Crippen molar-refractivity contribution < 1.29 is 4.74 Å². The Morgan fingerprint density at radius 1 is 1.37 bits per heavy atom. The molecule has 1 heterocycles. The molecular formula is C15H22ClNOS. The Hall–Kier alpha value is -0.380. The zero-order valence-electron chi connectivity index (χ0n) is 11.7. The van der Waals surface area contributed by atoms with E-state index in [4.69, 9.17) is 16.3 Å². The highest BCUT2D eigenvalue weighted by atomic mass is 35.5. The van der Waals surface area contributed by atoms with Crippen LogP contribution in [0, 0.1) is 6.92 Å². The van der Waals surface area contributed by atoms with Crippen molar-refractivity contribution in [1.29, 1.82) is 0 Å². The zero-order valence-corrected chi connectivity index (χ0v) is 13.3. The van der Waals surface area contributed by atoms with Crippen molar-refractivity contribution in [3.8, 4) is 5.75 Å². The van der Waals surface area contributed by atoms with E-state index in [-0.39, 0.29) is 6.23 Å². The van der Waals surface area contributed by atoms with E-state index >= 15 is 0 Å². The zero-order chi connectivity index (χ0) is 13.7. The first-order valence-electron chi connectivity index (χ1n) is 6.96. The van der Waals surface area contributed by atoms with Gasteiger partial charge in [-0.2, -0.15) is 11.8 Å². The number of hydrogen-bond acceptors (Lipinski definition) is 3. The molecule has 1 aromatic rings. The molecule has 0 spiro atoms. The maximum atomic E-state index is 6.23. The van der Waals surface area contributed by atoms with Crippen LogP contribution < -0.4 is 4.74 Å². The molecule has 1 saturated heterocycles. The molecule has 0 bridgehead atoms.